The van der Waals surface area contributed by atoms with Gasteiger partial charge in [-0.1, -0.05) is 76.8 Å². The minimum atomic E-state index is -0.658. The first-order valence-electron chi connectivity index (χ1n) is 11.0. The largest absolute Gasteiger partial charge is 0.467 e. The highest BCUT2D eigenvalue weighted by molar-refractivity contribution is 6.08. The van der Waals surface area contributed by atoms with E-state index in [0.717, 1.165) is 29.5 Å². The van der Waals surface area contributed by atoms with E-state index >= 15 is 0 Å². The average Bonchev–Trinajstić information content (AvgIpc) is 2.82. The Morgan fingerprint density at radius 2 is 1.85 bits per heavy atom. The van der Waals surface area contributed by atoms with Crippen molar-refractivity contribution in [1.82, 2.24) is 10.3 Å². The molecule has 8 heteroatoms. The highest BCUT2D eigenvalue weighted by Gasteiger charge is 2.33. The van der Waals surface area contributed by atoms with Gasteiger partial charge in [0, 0.05) is 18.5 Å². The van der Waals surface area contributed by atoms with E-state index in [-0.39, 0.29) is 17.7 Å². The van der Waals surface area contributed by atoms with Crippen molar-refractivity contribution in [3.05, 3.63) is 66.3 Å². The molecule has 0 aliphatic carbocycles. The number of amides is 1. The molecule has 0 bridgehead atoms. The fourth-order valence-electron chi connectivity index (χ4n) is 3.58. The van der Waals surface area contributed by atoms with Gasteiger partial charge in [0.25, 0.3) is 0 Å². The monoisotopic (exact) mass is 455 g/mol. The second-order valence-electron chi connectivity index (χ2n) is 7.89. The number of esters is 1. The number of benzene rings is 1. The van der Waals surface area contributed by atoms with E-state index < -0.39 is 12.0 Å². The molecular weight excluding hydrogens is 418 g/mol. The predicted octanol–water partition coefficient (Wildman–Crippen LogP) is 3.26. The number of amidine groups is 1. The normalized spacial score (nSPS) is 13.1. The summed E-state index contributed by atoms with van der Waals surface area (Å²) in [4.78, 5) is 27.1. The summed E-state index contributed by atoms with van der Waals surface area (Å²) >= 11 is 0. The smallest absolute Gasteiger partial charge is 0.328 e. The molecule has 0 aliphatic rings. The van der Waals surface area contributed by atoms with Gasteiger partial charge in [0.05, 0.1) is 7.11 Å². The third kappa shape index (κ3) is 7.32. The Balaban J connectivity index is 3.35. The van der Waals surface area contributed by atoms with Gasteiger partial charge in [-0.2, -0.15) is 5.10 Å². The molecule has 1 aromatic carbocycles. The lowest BCUT2D eigenvalue weighted by molar-refractivity contribution is -0.155. The van der Waals surface area contributed by atoms with Crippen molar-refractivity contribution < 1.29 is 14.3 Å². The second-order valence-corrected chi connectivity index (χ2v) is 7.89. The SMILES string of the molecule is C=CC(/C(=N/N)NN)=C(\C=C)c1ccc(CN(C(=O)CCCC)C(C(=O)OC)C(C)C)cc1. The number of ether oxygens (including phenoxy) is 1. The maximum absolute atomic E-state index is 13.0. The zero-order chi connectivity index (χ0) is 25.0. The van der Waals surface area contributed by atoms with Crippen LogP contribution in [0.5, 0.6) is 0 Å². The van der Waals surface area contributed by atoms with Crippen LogP contribution in [0.1, 0.15) is 51.2 Å². The molecule has 1 aromatic rings. The Labute approximate surface area is 197 Å². The third-order valence-electron chi connectivity index (χ3n) is 5.31. The van der Waals surface area contributed by atoms with E-state index in [0.29, 0.717) is 18.5 Å². The molecule has 0 saturated carbocycles. The lowest BCUT2D eigenvalue weighted by Gasteiger charge is -2.32. The minimum Gasteiger partial charge on any atom is -0.467 e. The number of carbonyl (C=O) groups excluding carboxylic acids is 2. The van der Waals surface area contributed by atoms with Crippen LogP contribution in [0, 0.1) is 5.92 Å². The lowest BCUT2D eigenvalue weighted by Crippen LogP contribution is -2.48. The van der Waals surface area contributed by atoms with Gasteiger partial charge in [0.1, 0.15) is 6.04 Å². The molecule has 0 fully saturated rings. The van der Waals surface area contributed by atoms with Crippen LogP contribution in [-0.2, 0) is 20.9 Å². The maximum atomic E-state index is 13.0. The summed E-state index contributed by atoms with van der Waals surface area (Å²) in [5.41, 5.74) is 5.52. The van der Waals surface area contributed by atoms with Gasteiger partial charge in [-0.05, 0) is 29.0 Å². The van der Waals surface area contributed by atoms with Gasteiger partial charge in [-0.15, -0.1) is 0 Å². The van der Waals surface area contributed by atoms with Crippen molar-refractivity contribution >= 4 is 23.3 Å². The number of methoxy groups -OCH3 is 1. The summed E-state index contributed by atoms with van der Waals surface area (Å²) in [5.74, 6) is 10.6. The first-order chi connectivity index (χ1) is 15.8. The molecule has 0 aromatic heterocycles. The molecule has 0 spiro atoms. The zero-order valence-corrected chi connectivity index (χ0v) is 20.1. The number of rotatable bonds is 12. The molecule has 1 rings (SSSR count). The van der Waals surface area contributed by atoms with Crippen LogP contribution in [0.3, 0.4) is 0 Å². The Morgan fingerprint density at radius 3 is 2.27 bits per heavy atom. The van der Waals surface area contributed by atoms with E-state index in [9.17, 15) is 9.59 Å². The average molecular weight is 456 g/mol. The van der Waals surface area contributed by atoms with Gasteiger partial charge in [-0.25, -0.2) is 10.6 Å². The number of nitrogens with two attached hydrogens (primary N) is 2. The fraction of sp³-hybridized carbons (Fsp3) is 0.400. The number of nitrogens with zero attached hydrogens (tertiary/aromatic N) is 2. The number of carbonyl (C=O) groups is 2. The molecule has 1 unspecified atom stereocenters. The number of hydrazone groups is 1. The van der Waals surface area contributed by atoms with Crippen molar-refractivity contribution in [3.63, 3.8) is 0 Å². The van der Waals surface area contributed by atoms with E-state index in [1.165, 1.54) is 7.11 Å². The number of nitrogens with one attached hydrogen (secondary N) is 1. The molecule has 0 aliphatic heterocycles. The van der Waals surface area contributed by atoms with Gasteiger partial charge in [0.15, 0.2) is 5.84 Å². The molecule has 33 heavy (non-hydrogen) atoms. The topological polar surface area (TPSA) is 123 Å². The highest BCUT2D eigenvalue weighted by Crippen LogP contribution is 2.24. The van der Waals surface area contributed by atoms with E-state index in [1.54, 1.807) is 17.1 Å². The Morgan fingerprint density at radius 1 is 1.21 bits per heavy atom. The molecule has 0 heterocycles. The molecule has 5 N–H and O–H groups in total. The van der Waals surface area contributed by atoms with E-state index in [2.05, 4.69) is 23.7 Å². The van der Waals surface area contributed by atoms with Gasteiger partial charge in [-0.3, -0.25) is 4.79 Å². The summed E-state index contributed by atoms with van der Waals surface area (Å²) < 4.78 is 5.00. The van der Waals surface area contributed by atoms with Crippen LogP contribution >= 0.6 is 0 Å². The van der Waals surface area contributed by atoms with Crippen molar-refractivity contribution in [2.75, 3.05) is 7.11 Å². The maximum Gasteiger partial charge on any atom is 0.328 e. The summed E-state index contributed by atoms with van der Waals surface area (Å²) in [6.45, 7) is 13.8. The first-order valence-corrected chi connectivity index (χ1v) is 11.0. The number of hydrazine groups is 1. The quantitative estimate of drug-likeness (QED) is 0.111. The fourth-order valence-corrected chi connectivity index (χ4v) is 3.58. The van der Waals surface area contributed by atoms with Crippen molar-refractivity contribution in [2.24, 2.45) is 22.7 Å². The van der Waals surface area contributed by atoms with Crippen LogP contribution in [0.25, 0.3) is 5.57 Å². The Kier molecular flexibility index (Phi) is 11.6. The van der Waals surface area contributed by atoms with Crippen LogP contribution in [-0.4, -0.2) is 35.8 Å². The van der Waals surface area contributed by atoms with Crippen molar-refractivity contribution in [3.8, 4) is 0 Å². The molecular formula is C25H37N5O3. The first kappa shape index (κ1) is 27.6. The predicted molar refractivity (Wildman–Crippen MR) is 133 cm³/mol. The van der Waals surface area contributed by atoms with Gasteiger partial charge in [0.2, 0.25) is 5.91 Å². The number of allylic oxidation sites excluding steroid dienone is 2. The van der Waals surface area contributed by atoms with Crippen LogP contribution in [0.4, 0.5) is 0 Å². The van der Waals surface area contributed by atoms with E-state index in [1.807, 2.05) is 45.0 Å². The van der Waals surface area contributed by atoms with Crippen molar-refractivity contribution in [1.29, 1.82) is 0 Å². The number of hydrogen-bond donors (Lipinski definition) is 3. The lowest BCUT2D eigenvalue weighted by atomic mass is 9.97. The summed E-state index contributed by atoms with van der Waals surface area (Å²) in [6.07, 6.45) is 5.30. The Bertz CT molecular complexity index is 888. The molecule has 1 amide bonds. The molecule has 180 valence electrons. The summed E-state index contributed by atoms with van der Waals surface area (Å²) in [6, 6.07) is 6.96. The van der Waals surface area contributed by atoms with Gasteiger partial charge >= 0.3 is 5.97 Å². The van der Waals surface area contributed by atoms with Crippen LogP contribution < -0.4 is 17.1 Å². The van der Waals surface area contributed by atoms with Crippen LogP contribution in [0.15, 0.2) is 60.2 Å². The molecule has 0 radical (unpaired) electrons. The van der Waals surface area contributed by atoms with Crippen molar-refractivity contribution in [2.45, 2.75) is 52.6 Å². The summed E-state index contributed by atoms with van der Waals surface area (Å²) in [7, 11) is 1.34. The van der Waals surface area contributed by atoms with Gasteiger partial charge < -0.3 is 20.9 Å². The second kappa shape index (κ2) is 13.9. The highest BCUT2D eigenvalue weighted by atomic mass is 16.5. The van der Waals surface area contributed by atoms with Crippen LogP contribution in [0.2, 0.25) is 0 Å². The molecule has 0 saturated heterocycles. The van der Waals surface area contributed by atoms with E-state index in [4.69, 9.17) is 16.4 Å². The third-order valence-corrected chi connectivity index (χ3v) is 5.31. The standard InChI is InChI=1S/C25H37N5O3/c1-7-10-11-22(31)30(23(17(4)5)25(32)33-6)16-18-12-14-19(15-13-18)20(8-2)21(9-3)24(28-26)29-27/h8-9,12-15,17,23H,2-3,7,10-11,16,26-27H2,1,4-6H3,(H,28,29)/b21-20-. The Hall–Kier alpha value is -3.39. The number of hydrogen-bond acceptors (Lipinski definition) is 6. The molecule has 1 atom stereocenters. The number of unbranched alkanes of at least 4 members (excludes halogenated alkanes) is 1. The molecule has 8 nitrogen and oxygen atoms in total. The summed E-state index contributed by atoms with van der Waals surface area (Å²) in [5, 5.41) is 3.65. The zero-order valence-electron chi connectivity index (χ0n) is 20.1. The minimum absolute atomic E-state index is 0.0662.